The van der Waals surface area contributed by atoms with E-state index in [1.54, 1.807) is 7.11 Å². The molecule has 1 fully saturated rings. The quantitative estimate of drug-likeness (QED) is 0.824. The molecule has 1 saturated heterocycles. The predicted molar refractivity (Wildman–Crippen MR) is 89.1 cm³/mol. The van der Waals surface area contributed by atoms with E-state index in [1.165, 1.54) is 12.0 Å². The number of halogens is 1. The van der Waals surface area contributed by atoms with Crippen LogP contribution in [0.3, 0.4) is 0 Å². The predicted octanol–water partition coefficient (Wildman–Crippen LogP) is 1.37. The van der Waals surface area contributed by atoms with E-state index in [9.17, 15) is 0 Å². The maximum Gasteiger partial charge on any atom is 0.128 e. The first-order valence-corrected chi connectivity index (χ1v) is 7.30. The van der Waals surface area contributed by atoms with E-state index in [2.05, 4.69) is 26.9 Å². The Morgan fingerprint density at radius 3 is 2.86 bits per heavy atom. The molecule has 0 spiro atoms. The molecule has 0 saturated carbocycles. The molecule has 2 heterocycles. The van der Waals surface area contributed by atoms with Gasteiger partial charge in [0.15, 0.2) is 0 Å². The van der Waals surface area contributed by atoms with Crippen LogP contribution in [0.1, 0.15) is 12.0 Å². The Kier molecular flexibility index (Phi) is 7.96. The standard InChI is InChI=1S/C15H26N4O.ClH/c1-18(7-8-20-2)15-4-3-14(10-17-15)12-19-6-5-13(9-16)11-19;/h3-4,10,13H,5-9,11-12,16H2,1-2H3;1H. The SMILES string of the molecule is COCCN(C)c1ccc(CN2CCC(CN)C2)cn1.Cl. The zero-order chi connectivity index (χ0) is 14.4. The van der Waals surface area contributed by atoms with Gasteiger partial charge in [-0.15, -0.1) is 12.4 Å². The summed E-state index contributed by atoms with van der Waals surface area (Å²) in [6.45, 7) is 5.62. The highest BCUT2D eigenvalue weighted by molar-refractivity contribution is 5.85. The second-order valence-corrected chi connectivity index (χ2v) is 5.56. The molecule has 0 bridgehead atoms. The zero-order valence-electron chi connectivity index (χ0n) is 13.0. The molecule has 2 N–H and O–H groups in total. The summed E-state index contributed by atoms with van der Waals surface area (Å²) in [5.41, 5.74) is 7.00. The van der Waals surface area contributed by atoms with Crippen LogP contribution in [0.4, 0.5) is 5.82 Å². The average molecular weight is 315 g/mol. The van der Waals surface area contributed by atoms with Crippen molar-refractivity contribution >= 4 is 18.2 Å². The first-order valence-electron chi connectivity index (χ1n) is 7.30. The molecule has 6 heteroatoms. The highest BCUT2D eigenvalue weighted by atomic mass is 35.5. The van der Waals surface area contributed by atoms with Crippen molar-refractivity contribution in [3.63, 3.8) is 0 Å². The fourth-order valence-corrected chi connectivity index (χ4v) is 2.59. The number of ether oxygens (including phenoxy) is 1. The Morgan fingerprint density at radius 1 is 1.48 bits per heavy atom. The van der Waals surface area contributed by atoms with E-state index < -0.39 is 0 Å². The Balaban J connectivity index is 0.00000220. The van der Waals surface area contributed by atoms with Gasteiger partial charge in [0.2, 0.25) is 0 Å². The fourth-order valence-electron chi connectivity index (χ4n) is 2.59. The second-order valence-electron chi connectivity index (χ2n) is 5.56. The van der Waals surface area contributed by atoms with Gasteiger partial charge in [0.05, 0.1) is 6.61 Å². The molecular weight excluding hydrogens is 288 g/mol. The largest absolute Gasteiger partial charge is 0.383 e. The van der Waals surface area contributed by atoms with Crippen LogP contribution in [0.15, 0.2) is 18.3 Å². The second kappa shape index (κ2) is 9.20. The van der Waals surface area contributed by atoms with Crippen molar-refractivity contribution in [2.24, 2.45) is 11.7 Å². The molecule has 0 aromatic carbocycles. The molecule has 120 valence electrons. The Bertz CT molecular complexity index is 401. The lowest BCUT2D eigenvalue weighted by Gasteiger charge is -2.19. The van der Waals surface area contributed by atoms with Gasteiger partial charge in [0.25, 0.3) is 0 Å². The van der Waals surface area contributed by atoms with Crippen LogP contribution in [-0.4, -0.2) is 56.8 Å². The van der Waals surface area contributed by atoms with Crippen molar-refractivity contribution in [2.75, 3.05) is 51.8 Å². The number of pyridine rings is 1. The van der Waals surface area contributed by atoms with Gasteiger partial charge >= 0.3 is 0 Å². The number of methoxy groups -OCH3 is 1. The molecule has 2 rings (SSSR count). The summed E-state index contributed by atoms with van der Waals surface area (Å²) in [4.78, 5) is 9.10. The summed E-state index contributed by atoms with van der Waals surface area (Å²) < 4.78 is 5.08. The first kappa shape index (κ1) is 18.2. The van der Waals surface area contributed by atoms with E-state index in [0.717, 1.165) is 38.5 Å². The minimum absolute atomic E-state index is 0. The normalized spacial score (nSPS) is 18.5. The number of nitrogens with two attached hydrogens (primary N) is 1. The number of likely N-dealkylation sites (N-methyl/N-ethyl adjacent to an activating group) is 1. The number of hydrogen-bond acceptors (Lipinski definition) is 5. The van der Waals surface area contributed by atoms with Gasteiger partial charge in [-0.2, -0.15) is 0 Å². The number of likely N-dealkylation sites (tertiary alicyclic amines) is 1. The summed E-state index contributed by atoms with van der Waals surface area (Å²) in [6.07, 6.45) is 3.20. The van der Waals surface area contributed by atoms with Crippen LogP contribution in [-0.2, 0) is 11.3 Å². The first-order chi connectivity index (χ1) is 9.72. The summed E-state index contributed by atoms with van der Waals surface area (Å²) in [5.74, 6) is 1.66. The van der Waals surface area contributed by atoms with Gasteiger partial charge < -0.3 is 15.4 Å². The molecule has 21 heavy (non-hydrogen) atoms. The molecular formula is C15H27ClN4O. The molecule has 0 aliphatic carbocycles. The third kappa shape index (κ3) is 5.43. The van der Waals surface area contributed by atoms with Crippen molar-refractivity contribution in [1.29, 1.82) is 0 Å². The molecule has 1 aliphatic rings. The van der Waals surface area contributed by atoms with E-state index in [4.69, 9.17) is 10.5 Å². The van der Waals surface area contributed by atoms with Gasteiger partial charge in [-0.3, -0.25) is 4.90 Å². The third-order valence-electron chi connectivity index (χ3n) is 3.94. The molecule has 0 amide bonds. The van der Waals surface area contributed by atoms with Crippen molar-refractivity contribution in [3.05, 3.63) is 23.9 Å². The van der Waals surface area contributed by atoms with Crippen molar-refractivity contribution in [1.82, 2.24) is 9.88 Å². The van der Waals surface area contributed by atoms with Crippen molar-refractivity contribution < 1.29 is 4.74 Å². The van der Waals surface area contributed by atoms with Crippen LogP contribution in [0.25, 0.3) is 0 Å². The Labute approximate surface area is 133 Å². The van der Waals surface area contributed by atoms with Crippen LogP contribution >= 0.6 is 12.4 Å². The highest BCUT2D eigenvalue weighted by Gasteiger charge is 2.20. The number of hydrogen-bond donors (Lipinski definition) is 1. The van der Waals surface area contributed by atoms with Crippen molar-refractivity contribution in [2.45, 2.75) is 13.0 Å². The van der Waals surface area contributed by atoms with Crippen LogP contribution in [0, 0.1) is 5.92 Å². The van der Waals surface area contributed by atoms with Gasteiger partial charge in [-0.25, -0.2) is 4.98 Å². The van der Waals surface area contributed by atoms with Crippen LogP contribution in [0.2, 0.25) is 0 Å². The third-order valence-corrected chi connectivity index (χ3v) is 3.94. The lowest BCUT2D eigenvalue weighted by molar-refractivity contribution is 0.206. The van der Waals surface area contributed by atoms with Gasteiger partial charge in [0.1, 0.15) is 5.82 Å². The van der Waals surface area contributed by atoms with E-state index in [-0.39, 0.29) is 12.4 Å². The summed E-state index contributed by atoms with van der Waals surface area (Å²) >= 11 is 0. The number of aromatic nitrogens is 1. The zero-order valence-corrected chi connectivity index (χ0v) is 13.8. The van der Waals surface area contributed by atoms with E-state index in [1.807, 2.05) is 13.2 Å². The molecule has 0 radical (unpaired) electrons. The fraction of sp³-hybridized carbons (Fsp3) is 0.667. The van der Waals surface area contributed by atoms with Crippen molar-refractivity contribution in [3.8, 4) is 0 Å². The lowest BCUT2D eigenvalue weighted by atomic mass is 10.1. The maximum absolute atomic E-state index is 5.73. The number of nitrogens with zero attached hydrogens (tertiary/aromatic N) is 3. The van der Waals surface area contributed by atoms with Crippen LogP contribution < -0.4 is 10.6 Å². The topological polar surface area (TPSA) is 54.6 Å². The maximum atomic E-state index is 5.73. The lowest BCUT2D eigenvalue weighted by Crippen LogP contribution is -2.24. The molecule has 1 unspecified atom stereocenters. The van der Waals surface area contributed by atoms with Gasteiger partial charge in [-0.05, 0) is 37.1 Å². The molecule has 1 atom stereocenters. The Morgan fingerprint density at radius 2 is 2.29 bits per heavy atom. The highest BCUT2D eigenvalue weighted by Crippen LogP contribution is 2.18. The summed E-state index contributed by atoms with van der Waals surface area (Å²) in [5, 5.41) is 0. The smallest absolute Gasteiger partial charge is 0.128 e. The number of anilines is 1. The van der Waals surface area contributed by atoms with Crippen LogP contribution in [0.5, 0.6) is 0 Å². The molecule has 1 aliphatic heterocycles. The summed E-state index contributed by atoms with van der Waals surface area (Å²) in [7, 11) is 3.75. The summed E-state index contributed by atoms with van der Waals surface area (Å²) in [6, 6.07) is 4.25. The average Bonchev–Trinajstić information content (AvgIpc) is 2.93. The van der Waals surface area contributed by atoms with E-state index in [0.29, 0.717) is 12.5 Å². The molecule has 1 aromatic heterocycles. The van der Waals surface area contributed by atoms with Gasteiger partial charge in [0, 0.05) is 40.0 Å². The monoisotopic (exact) mass is 314 g/mol. The molecule has 5 nitrogen and oxygen atoms in total. The minimum atomic E-state index is 0. The van der Waals surface area contributed by atoms with E-state index >= 15 is 0 Å². The Hall–Kier alpha value is -0.880. The number of rotatable bonds is 7. The molecule has 1 aromatic rings. The van der Waals surface area contributed by atoms with Gasteiger partial charge in [-0.1, -0.05) is 6.07 Å². The minimum Gasteiger partial charge on any atom is -0.383 e.